The number of fused-ring (bicyclic) bond motifs is 1. The lowest BCUT2D eigenvalue weighted by Gasteiger charge is -2.11. The van der Waals surface area contributed by atoms with Gasteiger partial charge in [-0.3, -0.25) is 4.79 Å². The molecule has 0 spiro atoms. The van der Waals surface area contributed by atoms with Crippen LogP contribution >= 0.6 is 0 Å². The lowest BCUT2D eigenvalue weighted by Crippen LogP contribution is -2.15. The smallest absolute Gasteiger partial charge is 0.307 e. The molecule has 0 aliphatic heterocycles. The number of pyridine rings is 1. The standard InChI is InChI=1S/C22H19FN2O4S/c1-15-19(13-22(26)27)20-10-9-16(23)14-24(20)21(15)12-17-6-5-11-25(17)30(28,29)18-7-3-2-4-8-18/h2-11,14H,12-13H2,1H3,(H,26,27). The lowest BCUT2D eigenvalue weighted by molar-refractivity contribution is -0.136. The van der Waals surface area contributed by atoms with Gasteiger partial charge in [0.15, 0.2) is 0 Å². The van der Waals surface area contributed by atoms with Crippen molar-refractivity contribution in [3.05, 3.63) is 95.3 Å². The van der Waals surface area contributed by atoms with Gasteiger partial charge in [0.2, 0.25) is 0 Å². The summed E-state index contributed by atoms with van der Waals surface area (Å²) in [5, 5.41) is 9.28. The van der Waals surface area contributed by atoms with Crippen LogP contribution in [0.5, 0.6) is 0 Å². The highest BCUT2D eigenvalue weighted by Crippen LogP contribution is 2.27. The zero-order valence-corrected chi connectivity index (χ0v) is 16.9. The van der Waals surface area contributed by atoms with Gasteiger partial charge in [-0.1, -0.05) is 18.2 Å². The minimum absolute atomic E-state index is 0.164. The van der Waals surface area contributed by atoms with Crippen LogP contribution in [0.4, 0.5) is 4.39 Å². The Balaban J connectivity index is 1.84. The lowest BCUT2D eigenvalue weighted by atomic mass is 10.1. The van der Waals surface area contributed by atoms with Gasteiger partial charge in [-0.05, 0) is 54.4 Å². The second-order valence-corrected chi connectivity index (χ2v) is 8.83. The van der Waals surface area contributed by atoms with Crippen LogP contribution in [0.2, 0.25) is 0 Å². The van der Waals surface area contributed by atoms with Crippen LogP contribution in [0.3, 0.4) is 0 Å². The maximum absolute atomic E-state index is 14.0. The van der Waals surface area contributed by atoms with Crippen molar-refractivity contribution >= 4 is 21.5 Å². The Kier molecular flexibility index (Phi) is 4.95. The van der Waals surface area contributed by atoms with E-state index in [0.717, 1.165) is 0 Å². The van der Waals surface area contributed by atoms with Crippen molar-refractivity contribution in [3.8, 4) is 0 Å². The van der Waals surface area contributed by atoms with Gasteiger partial charge in [-0.2, -0.15) is 0 Å². The topological polar surface area (TPSA) is 80.8 Å². The van der Waals surface area contributed by atoms with Gasteiger partial charge in [-0.15, -0.1) is 0 Å². The molecule has 0 bridgehead atoms. The Hall–Kier alpha value is -3.39. The number of halogens is 1. The van der Waals surface area contributed by atoms with Crippen LogP contribution in [0.25, 0.3) is 5.52 Å². The molecular formula is C22H19FN2O4S. The third-order valence-electron chi connectivity index (χ3n) is 5.17. The molecule has 1 N–H and O–H groups in total. The second kappa shape index (κ2) is 7.46. The van der Waals surface area contributed by atoms with Crippen molar-refractivity contribution in [1.82, 2.24) is 8.37 Å². The van der Waals surface area contributed by atoms with Gasteiger partial charge in [0, 0.05) is 35.7 Å². The van der Waals surface area contributed by atoms with Crippen molar-refractivity contribution in [1.29, 1.82) is 0 Å². The molecule has 0 saturated carbocycles. The minimum Gasteiger partial charge on any atom is -0.481 e. The van der Waals surface area contributed by atoms with Crippen LogP contribution in [0.1, 0.15) is 22.5 Å². The zero-order valence-electron chi connectivity index (χ0n) is 16.1. The van der Waals surface area contributed by atoms with E-state index in [1.165, 1.54) is 34.6 Å². The number of rotatable bonds is 6. The van der Waals surface area contributed by atoms with Crippen molar-refractivity contribution in [2.24, 2.45) is 0 Å². The molecule has 1 aromatic carbocycles. The van der Waals surface area contributed by atoms with E-state index in [0.29, 0.717) is 28.0 Å². The maximum atomic E-state index is 14.0. The summed E-state index contributed by atoms with van der Waals surface area (Å²) in [6.45, 7) is 1.78. The maximum Gasteiger partial charge on any atom is 0.307 e. The molecule has 3 heterocycles. The molecule has 6 nitrogen and oxygen atoms in total. The van der Waals surface area contributed by atoms with E-state index in [2.05, 4.69) is 0 Å². The molecule has 0 radical (unpaired) electrons. The third kappa shape index (κ3) is 3.39. The molecule has 0 unspecified atom stereocenters. The molecular weight excluding hydrogens is 407 g/mol. The largest absolute Gasteiger partial charge is 0.481 e. The number of aliphatic carboxylic acids is 1. The summed E-state index contributed by atoms with van der Waals surface area (Å²) in [5.74, 6) is -1.45. The monoisotopic (exact) mass is 426 g/mol. The van der Waals surface area contributed by atoms with E-state index < -0.39 is 21.8 Å². The molecule has 0 fully saturated rings. The summed E-state index contributed by atoms with van der Waals surface area (Å²) in [4.78, 5) is 11.5. The van der Waals surface area contributed by atoms with Crippen LogP contribution < -0.4 is 0 Å². The number of carboxylic acids is 1. The van der Waals surface area contributed by atoms with Crippen LogP contribution in [-0.2, 0) is 27.7 Å². The highest BCUT2D eigenvalue weighted by atomic mass is 32.2. The first kappa shape index (κ1) is 19.9. The predicted octanol–water partition coefficient (Wildman–Crippen LogP) is 3.64. The third-order valence-corrected chi connectivity index (χ3v) is 6.91. The number of hydrogen-bond acceptors (Lipinski definition) is 3. The van der Waals surface area contributed by atoms with Gasteiger partial charge in [0.1, 0.15) is 5.82 Å². The Bertz CT molecular complexity index is 1350. The first-order valence-electron chi connectivity index (χ1n) is 9.25. The molecule has 0 aliphatic carbocycles. The van der Waals surface area contributed by atoms with Gasteiger partial charge in [-0.25, -0.2) is 16.8 Å². The van der Waals surface area contributed by atoms with E-state index >= 15 is 0 Å². The number of benzene rings is 1. The summed E-state index contributed by atoms with van der Waals surface area (Å²) < 4.78 is 42.9. The van der Waals surface area contributed by atoms with Crippen molar-refractivity contribution in [2.45, 2.75) is 24.7 Å². The second-order valence-electron chi connectivity index (χ2n) is 7.01. The van der Waals surface area contributed by atoms with Crippen molar-refractivity contribution in [3.63, 3.8) is 0 Å². The van der Waals surface area contributed by atoms with Crippen LogP contribution in [0, 0.1) is 12.7 Å². The van der Waals surface area contributed by atoms with Gasteiger partial charge in [0.25, 0.3) is 10.0 Å². The number of nitrogens with zero attached hydrogens (tertiary/aromatic N) is 2. The number of aromatic nitrogens is 2. The van der Waals surface area contributed by atoms with Crippen LogP contribution in [-0.4, -0.2) is 27.9 Å². The first-order valence-corrected chi connectivity index (χ1v) is 10.7. The average Bonchev–Trinajstić information content (AvgIpc) is 3.28. The number of carbonyl (C=O) groups is 1. The fourth-order valence-corrected chi connectivity index (χ4v) is 5.13. The van der Waals surface area contributed by atoms with E-state index in [1.807, 2.05) is 0 Å². The summed E-state index contributed by atoms with van der Waals surface area (Å²) in [6, 6.07) is 14.3. The fourth-order valence-electron chi connectivity index (χ4n) is 3.73. The summed E-state index contributed by atoms with van der Waals surface area (Å²) in [7, 11) is -3.79. The van der Waals surface area contributed by atoms with Gasteiger partial charge < -0.3 is 9.51 Å². The van der Waals surface area contributed by atoms with Crippen molar-refractivity contribution < 1.29 is 22.7 Å². The minimum atomic E-state index is -3.79. The Morgan fingerprint density at radius 3 is 2.50 bits per heavy atom. The SMILES string of the molecule is Cc1c(CC(=O)O)c2ccc(F)cn2c1Cc1cccn1S(=O)(=O)c1ccccc1. The Morgan fingerprint density at radius 2 is 1.80 bits per heavy atom. The molecule has 30 heavy (non-hydrogen) atoms. The van der Waals surface area contributed by atoms with E-state index in [9.17, 15) is 22.7 Å². The van der Waals surface area contributed by atoms with Gasteiger partial charge in [0.05, 0.1) is 11.3 Å². The predicted molar refractivity (Wildman–Crippen MR) is 110 cm³/mol. The Morgan fingerprint density at radius 1 is 1.07 bits per heavy atom. The molecule has 0 atom stereocenters. The van der Waals surface area contributed by atoms with E-state index in [-0.39, 0.29) is 17.7 Å². The highest BCUT2D eigenvalue weighted by Gasteiger charge is 2.22. The molecule has 4 aromatic rings. The molecule has 0 aliphatic rings. The molecule has 0 amide bonds. The highest BCUT2D eigenvalue weighted by molar-refractivity contribution is 7.90. The van der Waals surface area contributed by atoms with Crippen molar-refractivity contribution in [2.75, 3.05) is 0 Å². The molecule has 3 aromatic heterocycles. The molecule has 0 saturated heterocycles. The van der Waals surface area contributed by atoms with E-state index in [1.54, 1.807) is 47.7 Å². The first-order chi connectivity index (χ1) is 14.3. The summed E-state index contributed by atoms with van der Waals surface area (Å²) >= 11 is 0. The molecule has 8 heteroatoms. The summed E-state index contributed by atoms with van der Waals surface area (Å²) in [5.41, 5.74) is 3.01. The fraction of sp³-hybridized carbons (Fsp3) is 0.136. The Labute approximate surface area is 172 Å². The molecule has 154 valence electrons. The quantitative estimate of drug-likeness (QED) is 0.510. The van der Waals surface area contributed by atoms with Crippen LogP contribution in [0.15, 0.2) is 71.9 Å². The zero-order chi connectivity index (χ0) is 21.5. The number of hydrogen-bond donors (Lipinski definition) is 1. The normalized spacial score (nSPS) is 11.8. The molecule has 4 rings (SSSR count). The average molecular weight is 426 g/mol. The summed E-state index contributed by atoms with van der Waals surface area (Å²) in [6.07, 6.45) is 2.75. The van der Waals surface area contributed by atoms with E-state index in [4.69, 9.17) is 0 Å². The van der Waals surface area contributed by atoms with Gasteiger partial charge >= 0.3 is 5.97 Å². The number of carboxylic acid groups (broad SMARTS) is 1.